The molecule has 0 bridgehead atoms. The molecule has 27 heavy (non-hydrogen) atoms. The summed E-state index contributed by atoms with van der Waals surface area (Å²) in [4.78, 5) is 0. The average Bonchev–Trinajstić information content (AvgIpc) is 2.31. The van der Waals surface area contributed by atoms with Gasteiger partial charge in [-0.3, -0.25) is 9.47 Å². The van der Waals surface area contributed by atoms with Gasteiger partial charge in [-0.1, -0.05) is 0 Å². The summed E-state index contributed by atoms with van der Waals surface area (Å²) in [6.45, 7) is -6.01. The molecular formula is C9H6F14O4. The summed E-state index contributed by atoms with van der Waals surface area (Å²) in [6.07, 6.45) is -43.4. The second-order valence-electron chi connectivity index (χ2n) is 4.57. The van der Waals surface area contributed by atoms with E-state index in [0.29, 0.717) is 0 Å². The van der Waals surface area contributed by atoms with Gasteiger partial charge in [-0.25, -0.2) is 0 Å². The molecule has 0 heterocycles. The lowest BCUT2D eigenvalue weighted by molar-refractivity contribution is -0.568. The van der Waals surface area contributed by atoms with E-state index in [-0.39, 0.29) is 0 Å². The van der Waals surface area contributed by atoms with Crippen LogP contribution in [-0.4, -0.2) is 60.2 Å². The Hall–Kier alpha value is -1.14. The zero-order valence-electron chi connectivity index (χ0n) is 11.9. The van der Waals surface area contributed by atoms with Gasteiger partial charge in [-0.05, 0) is 0 Å². The highest BCUT2D eigenvalue weighted by atomic mass is 19.4. The van der Waals surface area contributed by atoms with Crippen molar-refractivity contribution in [2.24, 2.45) is 5.41 Å². The van der Waals surface area contributed by atoms with Crippen molar-refractivity contribution in [3.8, 4) is 0 Å². The van der Waals surface area contributed by atoms with Crippen LogP contribution in [-0.2, 0) is 9.47 Å². The van der Waals surface area contributed by atoms with Crippen molar-refractivity contribution < 1.29 is 81.2 Å². The van der Waals surface area contributed by atoms with E-state index < -0.39 is 55.4 Å². The molecule has 0 unspecified atom stereocenters. The molecule has 0 aromatic carbocycles. The van der Waals surface area contributed by atoms with Gasteiger partial charge >= 0.3 is 42.2 Å². The molecule has 0 atom stereocenters. The number of halogens is 14. The molecule has 0 amide bonds. The molecular weight excluding hydrogens is 438 g/mol. The van der Waals surface area contributed by atoms with Crippen LogP contribution in [0.5, 0.6) is 0 Å². The van der Waals surface area contributed by atoms with E-state index in [1.807, 2.05) is 0 Å². The van der Waals surface area contributed by atoms with Crippen molar-refractivity contribution >= 4 is 0 Å². The number of aliphatic hydroxyl groups is 2. The Morgan fingerprint density at radius 3 is 0.852 bits per heavy atom. The molecule has 0 rings (SSSR count). The Labute approximate surface area is 138 Å². The largest absolute Gasteiger partial charge is 0.420 e. The number of hydrogen-bond acceptors (Lipinski definition) is 4. The smallest absolute Gasteiger partial charge is 0.387 e. The van der Waals surface area contributed by atoms with Gasteiger partial charge in [0.05, 0.1) is 0 Å². The van der Waals surface area contributed by atoms with Gasteiger partial charge in [-0.2, -0.15) is 61.5 Å². The van der Waals surface area contributed by atoms with Crippen LogP contribution in [0.4, 0.5) is 61.5 Å². The standard InChI is InChI=1S/C9H6F14O4/c10-3(11,1-24)26-8(20,21)5(6(14,15)16,7(17,18)19)9(22,23)27-4(12,13)2-25/h24-25H,1-2H2. The van der Waals surface area contributed by atoms with E-state index in [1.165, 1.54) is 0 Å². The van der Waals surface area contributed by atoms with E-state index in [1.54, 1.807) is 9.47 Å². The monoisotopic (exact) mass is 444 g/mol. The van der Waals surface area contributed by atoms with Crippen LogP contribution in [0.3, 0.4) is 0 Å². The minimum atomic E-state index is -8.11. The van der Waals surface area contributed by atoms with Crippen molar-refractivity contribution in [1.82, 2.24) is 0 Å². The first-order chi connectivity index (χ1) is 11.5. The van der Waals surface area contributed by atoms with Crippen molar-refractivity contribution in [2.75, 3.05) is 13.2 Å². The van der Waals surface area contributed by atoms with Crippen LogP contribution in [0.15, 0.2) is 0 Å². The van der Waals surface area contributed by atoms with Gasteiger partial charge in [-0.15, -0.1) is 0 Å². The Morgan fingerprint density at radius 1 is 0.481 bits per heavy atom. The third kappa shape index (κ3) is 4.65. The fourth-order valence-electron chi connectivity index (χ4n) is 1.58. The molecule has 0 saturated heterocycles. The summed E-state index contributed by atoms with van der Waals surface area (Å²) in [5.74, 6) is 0. The maximum absolute atomic E-state index is 13.5. The van der Waals surface area contributed by atoms with Crippen LogP contribution in [0.1, 0.15) is 0 Å². The Kier molecular flexibility index (Phi) is 6.74. The van der Waals surface area contributed by atoms with E-state index in [4.69, 9.17) is 10.2 Å². The molecule has 0 aliphatic heterocycles. The van der Waals surface area contributed by atoms with Gasteiger partial charge in [0, 0.05) is 0 Å². The maximum atomic E-state index is 13.5. The van der Waals surface area contributed by atoms with E-state index in [9.17, 15) is 61.5 Å². The lowest BCUT2D eigenvalue weighted by atomic mass is 9.82. The first kappa shape index (κ1) is 25.9. The predicted octanol–water partition coefficient (Wildman–Crippen LogP) is 3.49. The minimum absolute atomic E-state index is 1.80. The first-order valence-electron chi connectivity index (χ1n) is 5.80. The van der Waals surface area contributed by atoms with Crippen molar-refractivity contribution in [1.29, 1.82) is 0 Å². The average molecular weight is 444 g/mol. The maximum Gasteiger partial charge on any atom is 0.420 e. The summed E-state index contributed by atoms with van der Waals surface area (Å²) in [6, 6.07) is 0. The lowest BCUT2D eigenvalue weighted by Gasteiger charge is -2.45. The molecule has 0 aliphatic carbocycles. The molecule has 0 spiro atoms. The summed E-state index contributed by atoms with van der Waals surface area (Å²) in [5.41, 5.74) is -8.11. The molecule has 18 heteroatoms. The molecule has 164 valence electrons. The van der Waals surface area contributed by atoms with Crippen LogP contribution in [0.2, 0.25) is 0 Å². The third-order valence-corrected chi connectivity index (χ3v) is 2.65. The number of aliphatic hydroxyl groups excluding tert-OH is 2. The number of hydrogen-bond donors (Lipinski definition) is 2. The highest BCUT2D eigenvalue weighted by Crippen LogP contribution is 2.67. The van der Waals surface area contributed by atoms with Crippen LogP contribution in [0, 0.1) is 5.41 Å². The van der Waals surface area contributed by atoms with Gasteiger partial charge in [0.1, 0.15) is 13.2 Å². The molecule has 0 fully saturated rings. The molecule has 0 radical (unpaired) electrons. The number of alkyl halides is 14. The van der Waals surface area contributed by atoms with E-state index in [2.05, 4.69) is 0 Å². The Morgan fingerprint density at radius 2 is 0.704 bits per heavy atom. The van der Waals surface area contributed by atoms with Crippen molar-refractivity contribution in [2.45, 2.75) is 36.8 Å². The molecule has 2 N–H and O–H groups in total. The quantitative estimate of drug-likeness (QED) is 0.564. The van der Waals surface area contributed by atoms with Crippen LogP contribution < -0.4 is 0 Å². The molecule has 0 aromatic heterocycles. The van der Waals surface area contributed by atoms with Gasteiger partial charge in [0.2, 0.25) is 0 Å². The second-order valence-corrected chi connectivity index (χ2v) is 4.57. The highest BCUT2D eigenvalue weighted by Gasteiger charge is 2.95. The van der Waals surface area contributed by atoms with Crippen molar-refractivity contribution in [3.63, 3.8) is 0 Å². The Balaban J connectivity index is 6.94. The summed E-state index contributed by atoms with van der Waals surface area (Å²) < 4.78 is 184. The van der Waals surface area contributed by atoms with Crippen LogP contribution >= 0.6 is 0 Å². The van der Waals surface area contributed by atoms with Gasteiger partial charge < -0.3 is 10.2 Å². The van der Waals surface area contributed by atoms with Crippen LogP contribution in [0.25, 0.3) is 0 Å². The molecule has 0 saturated carbocycles. The zero-order valence-corrected chi connectivity index (χ0v) is 11.9. The predicted molar refractivity (Wildman–Crippen MR) is 50.7 cm³/mol. The fourth-order valence-corrected chi connectivity index (χ4v) is 1.58. The highest BCUT2D eigenvalue weighted by molar-refractivity contribution is 5.06. The van der Waals surface area contributed by atoms with E-state index >= 15 is 0 Å². The summed E-state index contributed by atoms with van der Waals surface area (Å²) >= 11 is 0. The minimum Gasteiger partial charge on any atom is -0.387 e. The SMILES string of the molecule is OCC(F)(F)OC(F)(F)C(C(F)(F)F)(C(F)(F)F)C(F)(F)OC(F)(F)CO. The van der Waals surface area contributed by atoms with Gasteiger partial charge in [0.15, 0.2) is 0 Å². The fraction of sp³-hybridized carbons (Fsp3) is 1.00. The Bertz CT molecular complexity index is 464. The third-order valence-electron chi connectivity index (χ3n) is 2.65. The summed E-state index contributed by atoms with van der Waals surface area (Å²) in [5, 5.41) is 15.8. The lowest BCUT2D eigenvalue weighted by Crippen LogP contribution is -2.73. The van der Waals surface area contributed by atoms with Crippen molar-refractivity contribution in [3.05, 3.63) is 0 Å². The summed E-state index contributed by atoms with van der Waals surface area (Å²) in [7, 11) is 0. The topological polar surface area (TPSA) is 58.9 Å². The van der Waals surface area contributed by atoms with Gasteiger partial charge in [0.25, 0.3) is 0 Å². The normalized spacial score (nSPS) is 16.0. The molecule has 0 aliphatic rings. The second kappa shape index (κ2) is 7.03. The zero-order chi connectivity index (χ0) is 22.3. The van der Waals surface area contributed by atoms with E-state index in [0.717, 1.165) is 0 Å². The number of ether oxygens (including phenoxy) is 2. The number of rotatable bonds is 8. The first-order valence-corrected chi connectivity index (χ1v) is 5.80. The molecule has 0 aromatic rings. The molecule has 4 nitrogen and oxygen atoms in total.